The Morgan fingerprint density at radius 3 is 2.45 bits per heavy atom. The molecule has 1 aromatic carbocycles. The highest BCUT2D eigenvalue weighted by atomic mass is 32.1. The monoisotopic (exact) mass is 423 g/mol. The summed E-state index contributed by atoms with van der Waals surface area (Å²) in [6, 6.07) is 8.89. The minimum absolute atomic E-state index is 0.158. The lowest BCUT2D eigenvalue weighted by Crippen LogP contribution is -2.34. The maximum Gasteiger partial charge on any atom is 0.433 e. The molecule has 1 aromatic heterocycles. The highest BCUT2D eigenvalue weighted by molar-refractivity contribution is 7.80. The summed E-state index contributed by atoms with van der Waals surface area (Å²) in [6.07, 6.45) is -2.72. The van der Waals surface area contributed by atoms with E-state index in [0.717, 1.165) is 30.0 Å². The molecule has 0 saturated carbocycles. The average Bonchev–Trinajstić information content (AvgIpc) is 2.67. The number of nitrogens with zero attached hydrogens (tertiary/aromatic N) is 3. The minimum atomic E-state index is -4.56. The van der Waals surface area contributed by atoms with Gasteiger partial charge in [0.05, 0.1) is 0 Å². The van der Waals surface area contributed by atoms with Crippen LogP contribution in [0.5, 0.6) is 0 Å². The van der Waals surface area contributed by atoms with Gasteiger partial charge in [-0.25, -0.2) is 4.98 Å². The van der Waals surface area contributed by atoms with Crippen LogP contribution in [-0.2, 0) is 12.7 Å². The molecule has 1 saturated heterocycles. The van der Waals surface area contributed by atoms with E-state index in [1.54, 1.807) is 0 Å². The first kappa shape index (κ1) is 21.3. The van der Waals surface area contributed by atoms with Crippen LogP contribution < -0.4 is 15.5 Å². The average molecular weight is 424 g/mol. The fourth-order valence-electron chi connectivity index (χ4n) is 3.07. The zero-order chi connectivity index (χ0) is 21.0. The second kappa shape index (κ2) is 8.94. The summed E-state index contributed by atoms with van der Waals surface area (Å²) >= 11 is 5.22. The Kier molecular flexibility index (Phi) is 6.56. The van der Waals surface area contributed by atoms with E-state index in [1.807, 2.05) is 36.1 Å². The fraction of sp³-hybridized carbons (Fsp3) is 0.450. The molecule has 2 aromatic rings. The van der Waals surface area contributed by atoms with Gasteiger partial charge in [-0.05, 0) is 43.5 Å². The van der Waals surface area contributed by atoms with Crippen LogP contribution in [0.2, 0.25) is 0 Å². The van der Waals surface area contributed by atoms with Crippen LogP contribution in [0.4, 0.5) is 24.9 Å². The van der Waals surface area contributed by atoms with Crippen molar-refractivity contribution in [2.45, 2.75) is 39.4 Å². The molecule has 1 fully saturated rings. The van der Waals surface area contributed by atoms with Gasteiger partial charge in [-0.3, -0.25) is 0 Å². The molecule has 2 N–H and O–H groups in total. The van der Waals surface area contributed by atoms with Crippen LogP contribution in [0.25, 0.3) is 0 Å². The Bertz CT molecular complexity index is 846. The van der Waals surface area contributed by atoms with Gasteiger partial charge in [-0.1, -0.05) is 36.8 Å². The summed E-state index contributed by atoms with van der Waals surface area (Å²) in [7, 11) is 0. The largest absolute Gasteiger partial charge is 0.433 e. The SMILES string of the molecule is Cc1ccc(CNC(=S)Nc2nc(N3CCC(C)CC3)cc(C(F)(F)F)n2)cc1. The lowest BCUT2D eigenvalue weighted by Gasteiger charge is -2.31. The van der Waals surface area contributed by atoms with Gasteiger partial charge in [0.25, 0.3) is 0 Å². The molecule has 0 radical (unpaired) electrons. The van der Waals surface area contributed by atoms with E-state index in [0.29, 0.717) is 25.6 Å². The van der Waals surface area contributed by atoms with Crippen LogP contribution in [0.3, 0.4) is 0 Å². The summed E-state index contributed by atoms with van der Waals surface area (Å²) in [5.41, 5.74) is 1.17. The van der Waals surface area contributed by atoms with Crippen LogP contribution >= 0.6 is 12.2 Å². The predicted molar refractivity (Wildman–Crippen MR) is 112 cm³/mol. The number of halogens is 3. The summed E-state index contributed by atoms with van der Waals surface area (Å²) in [5.74, 6) is 0.671. The lowest BCUT2D eigenvalue weighted by atomic mass is 9.99. The Morgan fingerprint density at radius 2 is 1.83 bits per heavy atom. The Hall–Kier alpha value is -2.42. The fourth-order valence-corrected chi connectivity index (χ4v) is 3.23. The third kappa shape index (κ3) is 6.03. The van der Waals surface area contributed by atoms with Crippen molar-refractivity contribution in [3.05, 3.63) is 47.2 Å². The zero-order valence-corrected chi connectivity index (χ0v) is 17.2. The van der Waals surface area contributed by atoms with Crippen molar-refractivity contribution >= 4 is 29.1 Å². The van der Waals surface area contributed by atoms with Crippen molar-refractivity contribution < 1.29 is 13.2 Å². The molecular weight excluding hydrogens is 399 g/mol. The van der Waals surface area contributed by atoms with Gasteiger partial charge in [0.2, 0.25) is 5.95 Å². The third-order valence-electron chi connectivity index (χ3n) is 4.91. The second-order valence-electron chi connectivity index (χ2n) is 7.40. The van der Waals surface area contributed by atoms with E-state index in [-0.39, 0.29) is 16.9 Å². The van der Waals surface area contributed by atoms with Gasteiger partial charge >= 0.3 is 6.18 Å². The first-order chi connectivity index (χ1) is 13.7. The van der Waals surface area contributed by atoms with Crippen molar-refractivity contribution in [3.8, 4) is 0 Å². The third-order valence-corrected chi connectivity index (χ3v) is 5.16. The maximum atomic E-state index is 13.3. The van der Waals surface area contributed by atoms with E-state index in [2.05, 4.69) is 27.5 Å². The number of thiocarbonyl (C=S) groups is 1. The molecule has 1 aliphatic rings. The van der Waals surface area contributed by atoms with Gasteiger partial charge in [0, 0.05) is 25.7 Å². The number of hydrogen-bond donors (Lipinski definition) is 2. The lowest BCUT2D eigenvalue weighted by molar-refractivity contribution is -0.141. The molecule has 9 heteroatoms. The first-order valence-corrected chi connectivity index (χ1v) is 9.93. The number of nitrogens with one attached hydrogen (secondary N) is 2. The maximum absolute atomic E-state index is 13.3. The number of aromatic nitrogens is 2. The molecule has 0 spiro atoms. The first-order valence-electron chi connectivity index (χ1n) is 9.52. The summed E-state index contributed by atoms with van der Waals surface area (Å²) in [4.78, 5) is 9.76. The standard InChI is InChI=1S/C20H24F3N5S/c1-13-3-5-15(6-4-13)12-24-19(29)27-18-25-16(20(21,22)23)11-17(26-18)28-9-7-14(2)8-10-28/h3-6,11,14H,7-10,12H2,1-2H3,(H2,24,25,26,27,29). The Morgan fingerprint density at radius 1 is 1.17 bits per heavy atom. The van der Waals surface area contributed by atoms with Gasteiger partial charge < -0.3 is 15.5 Å². The van der Waals surface area contributed by atoms with Crippen molar-refractivity contribution in [3.63, 3.8) is 0 Å². The summed E-state index contributed by atoms with van der Waals surface area (Å²) < 4.78 is 40.0. The van der Waals surface area contributed by atoms with Crippen LogP contribution in [0.1, 0.15) is 36.6 Å². The molecule has 2 heterocycles. The van der Waals surface area contributed by atoms with Gasteiger partial charge in [0.1, 0.15) is 5.82 Å². The number of aryl methyl sites for hydroxylation is 1. The number of anilines is 2. The quantitative estimate of drug-likeness (QED) is 0.705. The van der Waals surface area contributed by atoms with Gasteiger partial charge in [-0.15, -0.1) is 0 Å². The molecular formula is C20H24F3N5S. The van der Waals surface area contributed by atoms with E-state index >= 15 is 0 Å². The molecule has 5 nitrogen and oxygen atoms in total. The van der Waals surface area contributed by atoms with Crippen molar-refractivity contribution in [1.82, 2.24) is 15.3 Å². The normalized spacial score (nSPS) is 15.3. The number of hydrogen-bond acceptors (Lipinski definition) is 4. The number of benzene rings is 1. The zero-order valence-electron chi connectivity index (χ0n) is 16.4. The predicted octanol–water partition coefficient (Wildman–Crippen LogP) is 4.53. The molecule has 0 aliphatic carbocycles. The Labute approximate surface area is 173 Å². The van der Waals surface area contributed by atoms with Gasteiger partial charge in [-0.2, -0.15) is 18.2 Å². The minimum Gasteiger partial charge on any atom is -0.358 e. The van der Waals surface area contributed by atoms with Crippen molar-refractivity contribution in [2.24, 2.45) is 5.92 Å². The molecule has 0 atom stereocenters. The second-order valence-corrected chi connectivity index (χ2v) is 7.80. The van der Waals surface area contributed by atoms with Crippen molar-refractivity contribution in [2.75, 3.05) is 23.3 Å². The highest BCUT2D eigenvalue weighted by Crippen LogP contribution is 2.31. The molecule has 0 unspecified atom stereocenters. The number of alkyl halides is 3. The van der Waals surface area contributed by atoms with Gasteiger partial charge in [0.15, 0.2) is 10.8 Å². The number of rotatable bonds is 4. The molecule has 1 aliphatic heterocycles. The number of piperidine rings is 1. The molecule has 0 amide bonds. The summed E-state index contributed by atoms with van der Waals surface area (Å²) in [5, 5.41) is 5.84. The van der Waals surface area contributed by atoms with Crippen LogP contribution in [0.15, 0.2) is 30.3 Å². The van der Waals surface area contributed by atoms with E-state index in [4.69, 9.17) is 12.2 Å². The van der Waals surface area contributed by atoms with E-state index in [9.17, 15) is 13.2 Å². The highest BCUT2D eigenvalue weighted by Gasteiger charge is 2.34. The van der Waals surface area contributed by atoms with E-state index in [1.165, 1.54) is 0 Å². The molecule has 156 valence electrons. The van der Waals surface area contributed by atoms with E-state index < -0.39 is 11.9 Å². The smallest absolute Gasteiger partial charge is 0.358 e. The Balaban J connectivity index is 1.72. The molecule has 3 rings (SSSR count). The molecule has 0 bridgehead atoms. The van der Waals surface area contributed by atoms with Crippen molar-refractivity contribution in [1.29, 1.82) is 0 Å². The summed E-state index contributed by atoms with van der Waals surface area (Å²) in [6.45, 7) is 5.93. The molecule has 29 heavy (non-hydrogen) atoms. The topological polar surface area (TPSA) is 53.1 Å². The van der Waals surface area contributed by atoms with Crippen LogP contribution in [-0.4, -0.2) is 28.2 Å². The van der Waals surface area contributed by atoms with Crippen LogP contribution in [0, 0.1) is 12.8 Å².